The molecule has 9 nitrogen and oxygen atoms in total. The van der Waals surface area contributed by atoms with Crippen LogP contribution in [0.25, 0.3) is 5.69 Å². The maximum Gasteiger partial charge on any atom is 1.00 e. The molecule has 35 heavy (non-hydrogen) atoms. The maximum absolute atomic E-state index is 12.7. The number of benzene rings is 2. The van der Waals surface area contributed by atoms with Crippen LogP contribution in [-0.2, 0) is 4.79 Å². The van der Waals surface area contributed by atoms with Gasteiger partial charge in [0.2, 0.25) is 0 Å². The van der Waals surface area contributed by atoms with Crippen LogP contribution in [0.1, 0.15) is 19.3 Å². The van der Waals surface area contributed by atoms with Gasteiger partial charge in [0.25, 0.3) is 0 Å². The first kappa shape index (κ1) is 27.4. The van der Waals surface area contributed by atoms with Gasteiger partial charge in [0.05, 0.1) is 22.9 Å². The summed E-state index contributed by atoms with van der Waals surface area (Å²) in [7, 11) is 0. The Bertz CT molecular complexity index is 1310. The van der Waals surface area contributed by atoms with Gasteiger partial charge < -0.3 is 25.4 Å². The Morgan fingerprint density at radius 2 is 1.77 bits per heavy atom. The molecule has 1 unspecified atom stereocenters. The van der Waals surface area contributed by atoms with E-state index in [1.165, 1.54) is 0 Å². The number of nitrogens with zero attached hydrogens (tertiary/aromatic N) is 2. The number of carbonyl (C=O) groups is 2. The third-order valence-corrected chi connectivity index (χ3v) is 6.24. The van der Waals surface area contributed by atoms with Crippen LogP contribution in [0.4, 0.5) is 21.9 Å². The molecule has 0 spiro atoms. The van der Waals surface area contributed by atoms with E-state index in [0.29, 0.717) is 43.9 Å². The molecule has 0 aliphatic carbocycles. The minimum Gasteiger partial charge on any atom is -0.550 e. The Morgan fingerprint density at radius 1 is 1.09 bits per heavy atom. The predicted molar refractivity (Wildman–Crippen MR) is 134 cm³/mol. The van der Waals surface area contributed by atoms with Gasteiger partial charge in [-0.25, -0.2) is 4.79 Å². The van der Waals surface area contributed by atoms with E-state index in [0.717, 1.165) is 12.8 Å². The van der Waals surface area contributed by atoms with Gasteiger partial charge in [-0.15, -0.1) is 0 Å². The molecule has 0 saturated carbocycles. The van der Waals surface area contributed by atoms with Crippen molar-refractivity contribution in [1.82, 2.24) is 14.8 Å². The number of carbonyl (C=O) groups excluding carboxylic acids is 2. The fourth-order valence-electron chi connectivity index (χ4n) is 3.87. The van der Waals surface area contributed by atoms with Crippen LogP contribution in [0.15, 0.2) is 42.5 Å². The van der Waals surface area contributed by atoms with Crippen molar-refractivity contribution >= 4 is 65.1 Å². The normalized spacial score (nSPS) is 15.2. The van der Waals surface area contributed by atoms with Gasteiger partial charge in [0.1, 0.15) is 0 Å². The van der Waals surface area contributed by atoms with Crippen LogP contribution in [0.2, 0.25) is 5.02 Å². The summed E-state index contributed by atoms with van der Waals surface area (Å²) < 4.78 is 2.47. The average Bonchev–Trinajstić information content (AvgIpc) is 3.13. The third kappa shape index (κ3) is 6.96. The SMILES string of the molecule is O=C([O-])CC1[CH]N(c2cc(NC(=O)Nc3cccc(-n4c(=S)[nH][nH]c4=S)c3)ccc2Cl)CCC1.[Na+]. The molecule has 1 fully saturated rings. The van der Waals surface area contributed by atoms with E-state index in [1.807, 2.05) is 17.5 Å². The number of aliphatic carboxylic acids is 1. The summed E-state index contributed by atoms with van der Waals surface area (Å²) in [4.78, 5) is 25.6. The summed E-state index contributed by atoms with van der Waals surface area (Å²) in [5.41, 5.74) is 2.49. The molecule has 1 radical (unpaired) electrons. The van der Waals surface area contributed by atoms with Crippen molar-refractivity contribution in [2.24, 2.45) is 5.92 Å². The second kappa shape index (κ2) is 12.2. The minimum absolute atomic E-state index is 0. The van der Waals surface area contributed by atoms with Crippen LogP contribution in [0.5, 0.6) is 0 Å². The minimum atomic E-state index is -1.08. The number of hydrogen-bond donors (Lipinski definition) is 4. The fourth-order valence-corrected chi connectivity index (χ4v) is 4.65. The number of halogens is 1. The topological polar surface area (TPSA) is 121 Å². The fraction of sp³-hybridized carbons (Fsp3) is 0.227. The smallest absolute Gasteiger partial charge is 0.550 e. The van der Waals surface area contributed by atoms with Crippen molar-refractivity contribution < 1.29 is 44.3 Å². The molecule has 4 N–H and O–H groups in total. The van der Waals surface area contributed by atoms with Gasteiger partial charge in [-0.1, -0.05) is 17.7 Å². The third-order valence-electron chi connectivity index (χ3n) is 5.35. The summed E-state index contributed by atoms with van der Waals surface area (Å²) in [6, 6.07) is 11.8. The number of hydrogen-bond acceptors (Lipinski definition) is 6. The Labute approximate surface area is 239 Å². The van der Waals surface area contributed by atoms with Crippen molar-refractivity contribution in [3.63, 3.8) is 0 Å². The first-order valence-electron chi connectivity index (χ1n) is 10.5. The first-order chi connectivity index (χ1) is 16.3. The molecule has 177 valence electrons. The number of aromatic amines is 2. The van der Waals surface area contributed by atoms with Crippen molar-refractivity contribution in [3.05, 3.63) is 63.6 Å². The molecule has 13 heteroatoms. The van der Waals surface area contributed by atoms with Gasteiger partial charge in [0.15, 0.2) is 9.54 Å². The van der Waals surface area contributed by atoms with E-state index >= 15 is 0 Å². The quantitative estimate of drug-likeness (QED) is 0.278. The van der Waals surface area contributed by atoms with Crippen LogP contribution in [0.3, 0.4) is 0 Å². The summed E-state index contributed by atoms with van der Waals surface area (Å²) >= 11 is 16.9. The molecule has 1 aliphatic heterocycles. The molecule has 2 aromatic carbocycles. The van der Waals surface area contributed by atoms with Crippen LogP contribution in [-0.4, -0.2) is 33.3 Å². The Morgan fingerprint density at radius 3 is 2.46 bits per heavy atom. The monoisotopic (exact) mass is 539 g/mol. The van der Waals surface area contributed by atoms with E-state index in [4.69, 9.17) is 36.0 Å². The van der Waals surface area contributed by atoms with Gasteiger partial charge in [0, 0.05) is 23.9 Å². The number of carboxylic acids is 1. The molecule has 2 heterocycles. The first-order valence-corrected chi connectivity index (χ1v) is 11.7. The van der Waals surface area contributed by atoms with Crippen molar-refractivity contribution in [2.45, 2.75) is 19.3 Å². The summed E-state index contributed by atoms with van der Waals surface area (Å²) in [5, 5.41) is 22.6. The van der Waals surface area contributed by atoms with Gasteiger partial charge in [-0.3, -0.25) is 14.8 Å². The molecular weight excluding hydrogens is 519 g/mol. The van der Waals surface area contributed by atoms with Crippen molar-refractivity contribution in [3.8, 4) is 5.69 Å². The number of carboxylic acid groups (broad SMARTS) is 1. The van der Waals surface area contributed by atoms with E-state index in [2.05, 4.69) is 20.8 Å². The molecule has 0 bridgehead atoms. The number of urea groups is 1. The number of nitrogens with one attached hydrogen (secondary N) is 4. The second-order valence-corrected chi connectivity index (χ2v) is 8.99. The standard InChI is InChI=1S/C22H22ClN6O3S2.Na/c23-17-7-6-15(11-18(17)28-8-2-3-13(12-28)9-19(30)31)25-20(32)24-14-4-1-5-16(10-14)29-21(33)26-27-22(29)34;/h1,4-7,10-13H,2-3,8-9H2,(H,26,33)(H,27,34)(H,30,31)(H2,24,25,32);/q;+1/p-1. The molecule has 2 amide bonds. The predicted octanol–water partition coefficient (Wildman–Crippen LogP) is 1.41. The largest absolute Gasteiger partial charge is 1.00 e. The zero-order chi connectivity index (χ0) is 24.2. The molecular formula is C22H21ClN6NaO3S2. The summed E-state index contributed by atoms with van der Waals surface area (Å²) in [6.45, 7) is 2.57. The Hall–Kier alpha value is -2.15. The Balaban J connectivity index is 0.00000342. The van der Waals surface area contributed by atoms with Crippen molar-refractivity contribution in [1.29, 1.82) is 0 Å². The second-order valence-electron chi connectivity index (χ2n) is 7.81. The number of aromatic nitrogens is 3. The Kier molecular flexibility index (Phi) is 9.56. The van der Waals surface area contributed by atoms with E-state index < -0.39 is 12.0 Å². The summed E-state index contributed by atoms with van der Waals surface area (Å²) in [5.74, 6) is -1.20. The van der Waals surface area contributed by atoms with E-state index in [9.17, 15) is 14.7 Å². The van der Waals surface area contributed by atoms with Gasteiger partial charge >= 0.3 is 35.6 Å². The maximum atomic E-state index is 12.7. The van der Waals surface area contributed by atoms with E-state index in [1.54, 1.807) is 41.0 Å². The molecule has 1 aromatic heterocycles. The van der Waals surface area contributed by atoms with Gasteiger partial charge in [-0.05, 0) is 86.0 Å². The van der Waals surface area contributed by atoms with Crippen LogP contribution < -0.4 is 50.2 Å². The average molecular weight is 540 g/mol. The summed E-state index contributed by atoms with van der Waals surface area (Å²) in [6.07, 6.45) is 1.57. The van der Waals surface area contributed by atoms with Crippen LogP contribution >= 0.6 is 36.0 Å². The molecule has 3 aromatic rings. The number of piperidine rings is 1. The number of amides is 2. The molecule has 1 saturated heterocycles. The number of anilines is 3. The molecule has 4 rings (SSSR count). The molecule has 1 atom stereocenters. The number of H-pyrrole nitrogens is 2. The number of rotatable bonds is 6. The van der Waals surface area contributed by atoms with Crippen molar-refractivity contribution in [2.75, 3.05) is 22.1 Å². The van der Waals surface area contributed by atoms with Gasteiger partial charge in [-0.2, -0.15) is 0 Å². The van der Waals surface area contributed by atoms with E-state index in [-0.39, 0.29) is 41.9 Å². The zero-order valence-corrected chi connectivity index (χ0v) is 23.2. The van der Waals surface area contributed by atoms with Crippen LogP contribution in [0, 0.1) is 22.0 Å². The molecule has 1 aliphatic rings. The zero-order valence-electron chi connectivity index (χ0n) is 18.8.